The van der Waals surface area contributed by atoms with Crippen LogP contribution in [0, 0.1) is 0 Å². The molecule has 4 aromatic carbocycles. The maximum Gasteiger partial charge on any atom is 0.164 e. The maximum atomic E-state index is 6.59. The van der Waals surface area contributed by atoms with Gasteiger partial charge in [-0.15, -0.1) is 0 Å². The minimum absolute atomic E-state index is 0.578. The maximum absolute atomic E-state index is 6.59. The monoisotopic (exact) mass is 553 g/mol. The van der Waals surface area contributed by atoms with Crippen molar-refractivity contribution in [2.45, 2.75) is 0 Å². The fourth-order valence-corrected chi connectivity index (χ4v) is 5.35. The number of furan rings is 1. The molecule has 6 nitrogen and oxygen atoms in total. The quantitative estimate of drug-likeness (QED) is 0.212. The van der Waals surface area contributed by atoms with E-state index in [2.05, 4.69) is 28.2 Å². The summed E-state index contributed by atoms with van der Waals surface area (Å²) in [6.07, 6.45) is 3.60. The highest BCUT2D eigenvalue weighted by atomic mass is 16.3. The van der Waals surface area contributed by atoms with Crippen LogP contribution in [0.15, 0.2) is 144 Å². The summed E-state index contributed by atoms with van der Waals surface area (Å²) in [6, 6.07) is 42.1. The van der Waals surface area contributed by atoms with Crippen LogP contribution in [-0.4, -0.2) is 24.9 Å². The van der Waals surface area contributed by atoms with Gasteiger partial charge in [0, 0.05) is 51.0 Å². The second-order valence-corrected chi connectivity index (χ2v) is 10.2. The Morgan fingerprint density at radius 2 is 1.00 bits per heavy atom. The molecule has 0 bridgehead atoms. The standard InChI is InChI=1S/C37H23N5O/c1-3-11-24(12-4-1)35-40-36(25-13-5-2-6-14-25)42-37(41-35)26-17-18-28-29-21-27(31-15-7-9-19-38-31)22-30(32-16-8-10-20-39-32)34(29)43-33(28)23-26/h1-23H. The Bertz CT molecular complexity index is 2160. The largest absolute Gasteiger partial charge is 0.455 e. The minimum Gasteiger partial charge on any atom is -0.455 e. The summed E-state index contributed by atoms with van der Waals surface area (Å²) in [5, 5.41) is 1.99. The highest BCUT2D eigenvalue weighted by Gasteiger charge is 2.18. The van der Waals surface area contributed by atoms with Crippen LogP contribution in [0.3, 0.4) is 0 Å². The average molecular weight is 554 g/mol. The van der Waals surface area contributed by atoms with Gasteiger partial charge in [-0.3, -0.25) is 9.97 Å². The van der Waals surface area contributed by atoms with Crippen molar-refractivity contribution in [3.8, 4) is 56.7 Å². The number of nitrogens with zero attached hydrogens (tertiary/aromatic N) is 5. The van der Waals surface area contributed by atoms with E-state index in [-0.39, 0.29) is 0 Å². The predicted octanol–water partition coefficient (Wildman–Crippen LogP) is 8.90. The molecule has 0 saturated carbocycles. The van der Waals surface area contributed by atoms with E-state index in [0.29, 0.717) is 17.5 Å². The molecular weight excluding hydrogens is 530 g/mol. The normalized spacial score (nSPS) is 11.3. The first kappa shape index (κ1) is 24.8. The van der Waals surface area contributed by atoms with E-state index in [0.717, 1.165) is 61.1 Å². The van der Waals surface area contributed by atoms with Crippen LogP contribution < -0.4 is 0 Å². The van der Waals surface area contributed by atoms with E-state index in [1.807, 2.05) is 115 Å². The topological polar surface area (TPSA) is 77.6 Å². The van der Waals surface area contributed by atoms with Crippen LogP contribution in [-0.2, 0) is 0 Å². The summed E-state index contributed by atoms with van der Waals surface area (Å²) in [5.74, 6) is 1.81. The number of rotatable bonds is 5. The lowest BCUT2D eigenvalue weighted by Crippen LogP contribution is -2.00. The van der Waals surface area contributed by atoms with Crippen molar-refractivity contribution in [3.05, 3.63) is 140 Å². The van der Waals surface area contributed by atoms with Gasteiger partial charge in [-0.25, -0.2) is 15.0 Å². The highest BCUT2D eigenvalue weighted by molar-refractivity contribution is 6.11. The number of hydrogen-bond acceptors (Lipinski definition) is 6. The lowest BCUT2D eigenvalue weighted by molar-refractivity contribution is 0.670. The molecule has 0 N–H and O–H groups in total. The molecule has 0 fully saturated rings. The minimum atomic E-state index is 0.578. The van der Waals surface area contributed by atoms with Gasteiger partial charge >= 0.3 is 0 Å². The number of hydrogen-bond donors (Lipinski definition) is 0. The second-order valence-electron chi connectivity index (χ2n) is 10.2. The fourth-order valence-electron chi connectivity index (χ4n) is 5.35. The highest BCUT2D eigenvalue weighted by Crippen LogP contribution is 2.39. The molecule has 0 saturated heterocycles. The molecule has 8 aromatic rings. The van der Waals surface area contributed by atoms with Gasteiger partial charge in [0.2, 0.25) is 0 Å². The number of fused-ring (bicyclic) bond motifs is 3. The summed E-state index contributed by atoms with van der Waals surface area (Å²) in [5.41, 5.74) is 7.84. The molecule has 4 aromatic heterocycles. The van der Waals surface area contributed by atoms with Gasteiger partial charge in [0.15, 0.2) is 17.5 Å². The van der Waals surface area contributed by atoms with Crippen molar-refractivity contribution in [3.63, 3.8) is 0 Å². The molecule has 202 valence electrons. The summed E-state index contributed by atoms with van der Waals surface area (Å²) >= 11 is 0. The zero-order valence-corrected chi connectivity index (χ0v) is 22.9. The summed E-state index contributed by atoms with van der Waals surface area (Å²) in [6.45, 7) is 0. The number of benzene rings is 4. The smallest absolute Gasteiger partial charge is 0.164 e. The van der Waals surface area contributed by atoms with Gasteiger partial charge in [-0.2, -0.15) is 0 Å². The van der Waals surface area contributed by atoms with Crippen molar-refractivity contribution in [1.29, 1.82) is 0 Å². The van der Waals surface area contributed by atoms with E-state index >= 15 is 0 Å². The molecule has 6 heteroatoms. The van der Waals surface area contributed by atoms with Gasteiger partial charge < -0.3 is 4.42 Å². The van der Waals surface area contributed by atoms with E-state index in [1.54, 1.807) is 6.20 Å². The fraction of sp³-hybridized carbons (Fsp3) is 0. The molecule has 0 unspecified atom stereocenters. The zero-order chi connectivity index (χ0) is 28.6. The Morgan fingerprint density at radius 1 is 0.419 bits per heavy atom. The summed E-state index contributed by atoms with van der Waals surface area (Å²) in [4.78, 5) is 23.9. The third-order valence-electron chi connectivity index (χ3n) is 7.43. The first-order valence-corrected chi connectivity index (χ1v) is 14.0. The Balaban J connectivity index is 1.33. The molecule has 0 aliphatic heterocycles. The van der Waals surface area contributed by atoms with Crippen LogP contribution in [0.25, 0.3) is 78.6 Å². The Kier molecular flexibility index (Phi) is 6.01. The van der Waals surface area contributed by atoms with Crippen LogP contribution in [0.4, 0.5) is 0 Å². The predicted molar refractivity (Wildman–Crippen MR) is 170 cm³/mol. The Morgan fingerprint density at radius 3 is 1.60 bits per heavy atom. The van der Waals surface area contributed by atoms with Gasteiger partial charge in [0.1, 0.15) is 11.2 Å². The van der Waals surface area contributed by atoms with Crippen molar-refractivity contribution in [2.75, 3.05) is 0 Å². The first-order valence-electron chi connectivity index (χ1n) is 14.0. The van der Waals surface area contributed by atoms with Crippen molar-refractivity contribution >= 4 is 21.9 Å². The Labute approximate surface area is 247 Å². The van der Waals surface area contributed by atoms with Gasteiger partial charge in [0.25, 0.3) is 0 Å². The number of pyridine rings is 2. The molecule has 0 atom stereocenters. The molecule has 0 radical (unpaired) electrons. The third kappa shape index (κ3) is 4.61. The second kappa shape index (κ2) is 10.4. The average Bonchev–Trinajstić information content (AvgIpc) is 3.47. The molecule has 0 spiro atoms. The summed E-state index contributed by atoms with van der Waals surface area (Å²) in [7, 11) is 0. The van der Waals surface area contributed by atoms with Crippen LogP contribution >= 0.6 is 0 Å². The van der Waals surface area contributed by atoms with Gasteiger partial charge in [-0.1, -0.05) is 78.9 Å². The molecule has 4 heterocycles. The van der Waals surface area contributed by atoms with Crippen molar-refractivity contribution < 1.29 is 4.42 Å². The van der Waals surface area contributed by atoms with E-state index in [9.17, 15) is 0 Å². The van der Waals surface area contributed by atoms with Crippen molar-refractivity contribution in [2.24, 2.45) is 0 Å². The van der Waals surface area contributed by atoms with E-state index in [4.69, 9.17) is 19.4 Å². The van der Waals surface area contributed by atoms with Gasteiger partial charge in [0.05, 0.1) is 11.4 Å². The Hall–Kier alpha value is -6.01. The summed E-state index contributed by atoms with van der Waals surface area (Å²) < 4.78 is 6.59. The van der Waals surface area contributed by atoms with E-state index in [1.165, 1.54) is 0 Å². The molecule has 0 aliphatic rings. The van der Waals surface area contributed by atoms with Crippen LogP contribution in [0.2, 0.25) is 0 Å². The van der Waals surface area contributed by atoms with Gasteiger partial charge in [-0.05, 0) is 48.5 Å². The lowest BCUT2D eigenvalue weighted by atomic mass is 10.00. The van der Waals surface area contributed by atoms with Crippen LogP contribution in [0.5, 0.6) is 0 Å². The first-order chi connectivity index (χ1) is 21.3. The zero-order valence-electron chi connectivity index (χ0n) is 22.9. The third-order valence-corrected chi connectivity index (χ3v) is 7.43. The molecule has 0 aliphatic carbocycles. The lowest BCUT2D eigenvalue weighted by Gasteiger charge is -2.08. The number of aromatic nitrogens is 5. The molecular formula is C37H23N5O. The molecule has 0 amide bonds. The van der Waals surface area contributed by atoms with Crippen molar-refractivity contribution in [1.82, 2.24) is 24.9 Å². The van der Waals surface area contributed by atoms with E-state index < -0.39 is 0 Å². The van der Waals surface area contributed by atoms with Crippen LogP contribution in [0.1, 0.15) is 0 Å². The SMILES string of the molecule is c1ccc(-c2nc(-c3ccccc3)nc(-c3ccc4c(c3)oc3c(-c5ccccn5)cc(-c5ccccn5)cc34)n2)cc1. The molecule has 43 heavy (non-hydrogen) atoms. The molecule has 8 rings (SSSR count).